The van der Waals surface area contributed by atoms with Gasteiger partial charge in [0.25, 0.3) is 0 Å². The fraction of sp³-hybridized carbons (Fsp3) is 0.556. The predicted molar refractivity (Wildman–Crippen MR) is 46.9 cm³/mol. The van der Waals surface area contributed by atoms with E-state index in [9.17, 15) is 0 Å². The molecule has 0 fully saturated rings. The molecule has 0 radical (unpaired) electrons. The smallest absolute Gasteiger partial charge is 0.0412 e. The van der Waals surface area contributed by atoms with E-state index < -0.39 is 0 Å². The maximum atomic E-state index is 3.89. The van der Waals surface area contributed by atoms with E-state index in [0.29, 0.717) is 0 Å². The minimum atomic E-state index is 1.02. The summed E-state index contributed by atoms with van der Waals surface area (Å²) in [5.74, 6) is 0. The quantitative estimate of drug-likeness (QED) is 0.619. The molecule has 1 heterocycles. The van der Waals surface area contributed by atoms with Crippen LogP contribution in [0.1, 0.15) is 27.2 Å². The summed E-state index contributed by atoms with van der Waals surface area (Å²) in [5, 5.41) is 3.05. The van der Waals surface area contributed by atoms with E-state index in [-0.39, 0.29) is 0 Å². The first-order valence-corrected chi connectivity index (χ1v) is 3.95. The molecule has 0 aromatic rings. The number of hydrogen-bond donors (Lipinski definition) is 1. The van der Waals surface area contributed by atoms with E-state index in [2.05, 4.69) is 18.8 Å². The van der Waals surface area contributed by atoms with Crippen molar-refractivity contribution >= 4 is 0 Å². The summed E-state index contributed by atoms with van der Waals surface area (Å²) < 4.78 is 0. The minimum absolute atomic E-state index is 1.02. The van der Waals surface area contributed by atoms with Crippen LogP contribution in [0.4, 0.5) is 0 Å². The van der Waals surface area contributed by atoms with E-state index in [4.69, 9.17) is 0 Å². The molecule has 1 rings (SSSR count). The van der Waals surface area contributed by atoms with Crippen LogP contribution in [-0.4, -0.2) is 6.54 Å². The van der Waals surface area contributed by atoms with Gasteiger partial charge in [-0.3, -0.25) is 0 Å². The molecule has 58 valence electrons. The highest BCUT2D eigenvalue weighted by molar-refractivity contribution is 5.33. The Bertz CT molecular complexity index is 134. The van der Waals surface area contributed by atoms with Gasteiger partial charge in [0.15, 0.2) is 0 Å². The summed E-state index contributed by atoms with van der Waals surface area (Å²) >= 11 is 0. The summed E-state index contributed by atoms with van der Waals surface area (Å²) in [5.41, 5.74) is 2.65. The van der Waals surface area contributed by atoms with Gasteiger partial charge in [0.2, 0.25) is 0 Å². The molecule has 10 heavy (non-hydrogen) atoms. The first-order valence-electron chi connectivity index (χ1n) is 3.95. The summed E-state index contributed by atoms with van der Waals surface area (Å²) in [4.78, 5) is 0. The molecule has 0 unspecified atom stereocenters. The molecule has 0 bridgehead atoms. The molecule has 0 amide bonds. The van der Waals surface area contributed by atoms with E-state index in [0.717, 1.165) is 13.0 Å². The number of nitrogens with one attached hydrogen (secondary N) is 1. The van der Waals surface area contributed by atoms with E-state index in [1.807, 2.05) is 20.0 Å². The first-order chi connectivity index (χ1) is 4.84. The van der Waals surface area contributed by atoms with Crippen molar-refractivity contribution in [2.45, 2.75) is 27.2 Å². The Balaban J connectivity index is 0.000000371. The van der Waals surface area contributed by atoms with E-state index in [1.54, 1.807) is 0 Å². The summed E-state index contributed by atoms with van der Waals surface area (Å²) in [6.45, 7) is 11.0. The molecule has 1 heteroatoms. The van der Waals surface area contributed by atoms with Gasteiger partial charge in [-0.25, -0.2) is 0 Å². The lowest BCUT2D eigenvalue weighted by Crippen LogP contribution is -2.22. The second-order valence-electron chi connectivity index (χ2n) is 2.01. The molecule has 1 aliphatic rings. The van der Waals surface area contributed by atoms with Crippen molar-refractivity contribution in [1.29, 1.82) is 0 Å². The molecule has 0 aliphatic carbocycles. The largest absolute Gasteiger partial charge is 0.386 e. The lowest BCUT2D eigenvalue weighted by atomic mass is 10.0. The molecule has 1 N–H and O–H groups in total. The highest BCUT2D eigenvalue weighted by Gasteiger charge is 2.05. The van der Waals surface area contributed by atoms with Crippen LogP contribution in [0.2, 0.25) is 0 Å². The fourth-order valence-corrected chi connectivity index (χ4v) is 0.658. The van der Waals surface area contributed by atoms with Crippen LogP contribution < -0.4 is 5.32 Å². The van der Waals surface area contributed by atoms with Crippen LogP contribution in [-0.2, 0) is 0 Å². The van der Waals surface area contributed by atoms with Gasteiger partial charge in [-0.05, 0) is 17.6 Å². The Hall–Kier alpha value is -0.720. The summed E-state index contributed by atoms with van der Waals surface area (Å²) in [6.07, 6.45) is 3.10. The highest BCUT2D eigenvalue weighted by Crippen LogP contribution is 2.13. The zero-order valence-electron chi connectivity index (χ0n) is 7.20. The van der Waals surface area contributed by atoms with Crippen LogP contribution >= 0.6 is 0 Å². The Labute approximate surface area is 63.8 Å². The molecule has 1 nitrogen and oxygen atoms in total. The van der Waals surface area contributed by atoms with Crippen LogP contribution in [0.25, 0.3) is 0 Å². The SMILES string of the molecule is C=C(CC)C1=CNC1.CC. The van der Waals surface area contributed by atoms with E-state index >= 15 is 0 Å². The van der Waals surface area contributed by atoms with Gasteiger partial charge in [0, 0.05) is 12.7 Å². The second kappa shape index (κ2) is 5.10. The van der Waals surface area contributed by atoms with Crippen molar-refractivity contribution in [2.75, 3.05) is 6.54 Å². The Morgan fingerprint density at radius 3 is 2.30 bits per heavy atom. The van der Waals surface area contributed by atoms with Crippen molar-refractivity contribution < 1.29 is 0 Å². The average Bonchev–Trinajstić information content (AvgIpc) is 1.89. The molecule has 0 saturated heterocycles. The molecule has 1 aliphatic heterocycles. The standard InChI is InChI=1S/C7H11N.C2H6/c1-3-6(2)7-4-8-5-7;1-2/h4,8H,2-3,5H2,1H3;1-2H3. The first kappa shape index (κ1) is 9.28. The third-order valence-electron chi connectivity index (χ3n) is 1.45. The van der Waals surface area contributed by atoms with Crippen molar-refractivity contribution in [3.8, 4) is 0 Å². The zero-order valence-corrected chi connectivity index (χ0v) is 7.20. The maximum Gasteiger partial charge on any atom is 0.0412 e. The van der Waals surface area contributed by atoms with Gasteiger partial charge in [-0.2, -0.15) is 0 Å². The molecule has 0 aromatic carbocycles. The van der Waals surface area contributed by atoms with Crippen LogP contribution in [0.3, 0.4) is 0 Å². The molecule has 0 saturated carbocycles. The lowest BCUT2D eigenvalue weighted by molar-refractivity contribution is 0.828. The van der Waals surface area contributed by atoms with Crippen LogP contribution in [0, 0.1) is 0 Å². The van der Waals surface area contributed by atoms with Gasteiger partial charge in [-0.1, -0.05) is 27.4 Å². The van der Waals surface area contributed by atoms with Crippen molar-refractivity contribution in [3.63, 3.8) is 0 Å². The molecular formula is C9H17N. The van der Waals surface area contributed by atoms with Gasteiger partial charge < -0.3 is 5.32 Å². The molecule has 0 atom stereocenters. The average molecular weight is 139 g/mol. The predicted octanol–water partition coefficient (Wildman–Crippen LogP) is 2.47. The molecule has 0 spiro atoms. The Kier molecular flexibility index (Phi) is 4.73. The lowest BCUT2D eigenvalue weighted by Gasteiger charge is -2.17. The molecular weight excluding hydrogens is 122 g/mol. The zero-order chi connectivity index (χ0) is 7.98. The normalized spacial score (nSPS) is 13.3. The van der Waals surface area contributed by atoms with Crippen LogP contribution in [0.15, 0.2) is 23.9 Å². The third-order valence-corrected chi connectivity index (χ3v) is 1.45. The van der Waals surface area contributed by atoms with Gasteiger partial charge in [0.05, 0.1) is 0 Å². The Morgan fingerprint density at radius 1 is 1.70 bits per heavy atom. The van der Waals surface area contributed by atoms with Gasteiger partial charge in [-0.15, -0.1) is 0 Å². The topological polar surface area (TPSA) is 12.0 Å². The highest BCUT2D eigenvalue weighted by atomic mass is 14.9. The molecule has 0 aromatic heterocycles. The third kappa shape index (κ3) is 2.26. The van der Waals surface area contributed by atoms with Crippen molar-refractivity contribution in [2.24, 2.45) is 0 Å². The van der Waals surface area contributed by atoms with E-state index in [1.165, 1.54) is 11.1 Å². The van der Waals surface area contributed by atoms with Crippen molar-refractivity contribution in [3.05, 3.63) is 23.9 Å². The maximum absolute atomic E-state index is 3.89. The summed E-state index contributed by atoms with van der Waals surface area (Å²) in [7, 11) is 0. The Morgan fingerprint density at radius 2 is 2.20 bits per heavy atom. The van der Waals surface area contributed by atoms with Gasteiger partial charge >= 0.3 is 0 Å². The minimum Gasteiger partial charge on any atom is -0.386 e. The second-order valence-corrected chi connectivity index (χ2v) is 2.01. The number of rotatable bonds is 2. The fourth-order valence-electron chi connectivity index (χ4n) is 0.658. The number of hydrogen-bond acceptors (Lipinski definition) is 1. The van der Waals surface area contributed by atoms with Crippen LogP contribution in [0.5, 0.6) is 0 Å². The monoisotopic (exact) mass is 139 g/mol. The van der Waals surface area contributed by atoms with Gasteiger partial charge in [0.1, 0.15) is 0 Å². The summed E-state index contributed by atoms with van der Waals surface area (Å²) in [6, 6.07) is 0. The van der Waals surface area contributed by atoms with Crippen molar-refractivity contribution in [1.82, 2.24) is 5.32 Å².